The van der Waals surface area contributed by atoms with Crippen LogP contribution >= 0.6 is 15.9 Å². The summed E-state index contributed by atoms with van der Waals surface area (Å²) in [5.74, 6) is -0.0352. The average molecular weight is 254 g/mol. The summed E-state index contributed by atoms with van der Waals surface area (Å²) in [4.78, 5) is 20.5. The van der Waals surface area contributed by atoms with Crippen molar-refractivity contribution in [3.05, 3.63) is 0 Å². The fourth-order valence-corrected chi connectivity index (χ4v) is 0.903. The standard InChI is InChI=1S/C8H16BrNO3/c1-3-7(6-13-12-4-2)10-8(11)5-9/h7H,3-6H2,1-2H3,(H,10,11). The van der Waals surface area contributed by atoms with Crippen LogP contribution in [0.5, 0.6) is 0 Å². The largest absolute Gasteiger partial charge is 0.350 e. The van der Waals surface area contributed by atoms with E-state index in [1.807, 2.05) is 13.8 Å². The van der Waals surface area contributed by atoms with E-state index in [0.717, 1.165) is 6.42 Å². The van der Waals surface area contributed by atoms with Crippen molar-refractivity contribution in [2.75, 3.05) is 18.5 Å². The van der Waals surface area contributed by atoms with E-state index in [2.05, 4.69) is 21.2 Å². The number of halogens is 1. The first-order valence-electron chi connectivity index (χ1n) is 4.34. The summed E-state index contributed by atoms with van der Waals surface area (Å²) in [5, 5.41) is 3.10. The minimum atomic E-state index is -0.0352. The second-order valence-corrected chi connectivity index (χ2v) is 3.06. The third kappa shape index (κ3) is 6.98. The summed E-state index contributed by atoms with van der Waals surface area (Å²) in [5.41, 5.74) is 0. The second kappa shape index (κ2) is 8.47. The first kappa shape index (κ1) is 12.9. The van der Waals surface area contributed by atoms with Crippen molar-refractivity contribution in [3.63, 3.8) is 0 Å². The fraction of sp³-hybridized carbons (Fsp3) is 0.875. The van der Waals surface area contributed by atoms with Gasteiger partial charge in [-0.25, -0.2) is 9.78 Å². The molecular weight excluding hydrogens is 238 g/mol. The Hall–Kier alpha value is -0.130. The van der Waals surface area contributed by atoms with Gasteiger partial charge >= 0.3 is 0 Å². The second-order valence-electron chi connectivity index (χ2n) is 2.50. The number of carbonyl (C=O) groups is 1. The maximum Gasteiger partial charge on any atom is 0.230 e. The Labute approximate surface area is 87.0 Å². The topological polar surface area (TPSA) is 47.6 Å². The SMILES string of the molecule is CCOOCC(CC)NC(=O)CBr. The van der Waals surface area contributed by atoms with Crippen LogP contribution in [0.2, 0.25) is 0 Å². The van der Waals surface area contributed by atoms with Crippen molar-refractivity contribution in [2.24, 2.45) is 0 Å². The molecular formula is C8H16BrNO3. The van der Waals surface area contributed by atoms with Crippen molar-refractivity contribution in [3.8, 4) is 0 Å². The van der Waals surface area contributed by atoms with Crippen molar-refractivity contribution in [1.82, 2.24) is 5.32 Å². The Kier molecular flexibility index (Phi) is 8.38. The number of hydrogen-bond acceptors (Lipinski definition) is 3. The summed E-state index contributed by atoms with van der Waals surface area (Å²) in [6.07, 6.45) is 0.825. The lowest BCUT2D eigenvalue weighted by atomic mass is 10.2. The highest BCUT2D eigenvalue weighted by molar-refractivity contribution is 9.09. The number of carbonyl (C=O) groups excluding carboxylic acids is 1. The third-order valence-corrected chi connectivity index (χ3v) is 1.96. The van der Waals surface area contributed by atoms with Gasteiger partial charge in [-0.1, -0.05) is 22.9 Å². The molecule has 0 heterocycles. The van der Waals surface area contributed by atoms with Gasteiger partial charge in [-0.05, 0) is 13.3 Å². The highest BCUT2D eigenvalue weighted by Gasteiger charge is 2.09. The summed E-state index contributed by atoms with van der Waals surface area (Å²) in [6.45, 7) is 4.73. The molecule has 0 saturated heterocycles. The Morgan fingerprint density at radius 1 is 1.46 bits per heavy atom. The predicted octanol–water partition coefficient (Wildman–Crippen LogP) is 1.24. The molecule has 0 saturated carbocycles. The molecule has 0 rings (SSSR count). The lowest BCUT2D eigenvalue weighted by molar-refractivity contribution is -0.294. The van der Waals surface area contributed by atoms with Crippen LogP contribution in [0.4, 0.5) is 0 Å². The van der Waals surface area contributed by atoms with E-state index in [4.69, 9.17) is 9.78 Å². The molecule has 1 unspecified atom stereocenters. The molecule has 1 atom stereocenters. The quantitative estimate of drug-likeness (QED) is 0.322. The maximum absolute atomic E-state index is 11.0. The van der Waals surface area contributed by atoms with Crippen LogP contribution in [0.3, 0.4) is 0 Å². The van der Waals surface area contributed by atoms with E-state index in [1.165, 1.54) is 0 Å². The summed E-state index contributed by atoms with van der Waals surface area (Å²) in [7, 11) is 0. The zero-order chi connectivity index (χ0) is 10.1. The van der Waals surface area contributed by atoms with Gasteiger partial charge in [-0.2, -0.15) is 0 Å². The molecule has 0 bridgehead atoms. The van der Waals surface area contributed by atoms with Crippen LogP contribution in [-0.4, -0.2) is 30.5 Å². The number of amides is 1. The van der Waals surface area contributed by atoms with Crippen molar-refractivity contribution >= 4 is 21.8 Å². The number of rotatable bonds is 7. The molecule has 0 aromatic rings. The van der Waals surface area contributed by atoms with E-state index in [0.29, 0.717) is 18.5 Å². The molecule has 5 heteroatoms. The molecule has 0 aromatic heterocycles. The van der Waals surface area contributed by atoms with Gasteiger partial charge in [0.1, 0.15) is 6.61 Å². The zero-order valence-electron chi connectivity index (χ0n) is 8.01. The van der Waals surface area contributed by atoms with E-state index in [-0.39, 0.29) is 11.9 Å². The van der Waals surface area contributed by atoms with Crippen LogP contribution in [-0.2, 0) is 14.6 Å². The molecule has 0 aliphatic carbocycles. The first-order valence-corrected chi connectivity index (χ1v) is 5.46. The minimum absolute atomic E-state index is 0.0246. The molecule has 13 heavy (non-hydrogen) atoms. The molecule has 0 aliphatic heterocycles. The highest BCUT2D eigenvalue weighted by atomic mass is 79.9. The normalized spacial score (nSPS) is 12.5. The molecule has 0 fully saturated rings. The zero-order valence-corrected chi connectivity index (χ0v) is 9.59. The van der Waals surface area contributed by atoms with Gasteiger partial charge in [0.2, 0.25) is 5.91 Å². The summed E-state index contributed by atoms with van der Waals surface area (Å²) < 4.78 is 0. The Bertz CT molecular complexity index is 143. The number of hydrogen-bond donors (Lipinski definition) is 1. The molecule has 0 spiro atoms. The lowest BCUT2D eigenvalue weighted by Crippen LogP contribution is -2.38. The highest BCUT2D eigenvalue weighted by Crippen LogP contribution is 1.94. The molecule has 1 amide bonds. The molecule has 1 N–H and O–H groups in total. The van der Waals surface area contributed by atoms with Crippen LogP contribution in [0.1, 0.15) is 20.3 Å². The molecule has 0 radical (unpaired) electrons. The van der Waals surface area contributed by atoms with E-state index in [1.54, 1.807) is 0 Å². The molecule has 0 aromatic carbocycles. The number of nitrogens with one attached hydrogen (secondary N) is 1. The van der Waals surface area contributed by atoms with Crippen molar-refractivity contribution < 1.29 is 14.6 Å². The first-order chi connectivity index (χ1) is 6.24. The van der Waals surface area contributed by atoms with Gasteiger partial charge < -0.3 is 5.32 Å². The van der Waals surface area contributed by atoms with E-state index in [9.17, 15) is 4.79 Å². The van der Waals surface area contributed by atoms with Gasteiger partial charge in [0.05, 0.1) is 18.0 Å². The monoisotopic (exact) mass is 253 g/mol. The molecule has 4 nitrogen and oxygen atoms in total. The summed E-state index contributed by atoms with van der Waals surface area (Å²) in [6, 6.07) is 0.0246. The number of alkyl halides is 1. The molecule has 78 valence electrons. The summed E-state index contributed by atoms with van der Waals surface area (Å²) >= 11 is 3.07. The van der Waals surface area contributed by atoms with Crippen LogP contribution in [0.25, 0.3) is 0 Å². The van der Waals surface area contributed by atoms with Crippen LogP contribution < -0.4 is 5.32 Å². The Morgan fingerprint density at radius 3 is 2.62 bits per heavy atom. The Morgan fingerprint density at radius 2 is 2.15 bits per heavy atom. The van der Waals surface area contributed by atoms with Crippen LogP contribution in [0, 0.1) is 0 Å². The van der Waals surface area contributed by atoms with E-state index >= 15 is 0 Å². The maximum atomic E-state index is 11.0. The van der Waals surface area contributed by atoms with Gasteiger partial charge in [0.25, 0.3) is 0 Å². The van der Waals surface area contributed by atoms with Gasteiger partial charge in [0.15, 0.2) is 0 Å². The third-order valence-electron chi connectivity index (χ3n) is 1.45. The minimum Gasteiger partial charge on any atom is -0.350 e. The smallest absolute Gasteiger partial charge is 0.230 e. The predicted molar refractivity (Wildman–Crippen MR) is 53.6 cm³/mol. The van der Waals surface area contributed by atoms with Gasteiger partial charge in [-0.3, -0.25) is 4.79 Å². The van der Waals surface area contributed by atoms with Crippen LogP contribution in [0.15, 0.2) is 0 Å². The Balaban J connectivity index is 3.56. The van der Waals surface area contributed by atoms with E-state index < -0.39 is 0 Å². The molecule has 0 aliphatic rings. The fourth-order valence-electron chi connectivity index (χ4n) is 0.741. The lowest BCUT2D eigenvalue weighted by Gasteiger charge is -2.15. The van der Waals surface area contributed by atoms with Crippen molar-refractivity contribution in [1.29, 1.82) is 0 Å². The van der Waals surface area contributed by atoms with Crippen molar-refractivity contribution in [2.45, 2.75) is 26.3 Å². The van der Waals surface area contributed by atoms with Gasteiger partial charge in [-0.15, -0.1) is 0 Å². The van der Waals surface area contributed by atoms with Gasteiger partial charge in [0, 0.05) is 0 Å². The average Bonchev–Trinajstić information content (AvgIpc) is 2.16.